The van der Waals surface area contributed by atoms with E-state index in [9.17, 15) is 18.4 Å². The number of nitrogens with zero attached hydrogens (tertiary/aromatic N) is 1. The van der Waals surface area contributed by atoms with Gasteiger partial charge in [-0.3, -0.25) is 14.5 Å². The molecule has 0 saturated heterocycles. The molecule has 5 nitrogen and oxygen atoms in total. The summed E-state index contributed by atoms with van der Waals surface area (Å²) in [6.07, 6.45) is 0. The summed E-state index contributed by atoms with van der Waals surface area (Å²) in [7, 11) is 0. The molecule has 1 unspecified atom stereocenters. The van der Waals surface area contributed by atoms with E-state index in [2.05, 4.69) is 43.2 Å². The number of amides is 2. The van der Waals surface area contributed by atoms with Gasteiger partial charge in [0.05, 0.1) is 0 Å². The average molecular weight is 383 g/mol. The maximum atomic E-state index is 13.8. The van der Waals surface area contributed by atoms with Gasteiger partial charge in [0.1, 0.15) is 23.2 Å². The van der Waals surface area contributed by atoms with E-state index in [1.165, 1.54) is 6.07 Å². The second-order valence-electron chi connectivity index (χ2n) is 7.51. The fourth-order valence-electron chi connectivity index (χ4n) is 2.99. The maximum Gasteiger partial charge on any atom is 0.257 e. The van der Waals surface area contributed by atoms with Crippen LogP contribution in [-0.4, -0.2) is 47.9 Å². The van der Waals surface area contributed by atoms with Gasteiger partial charge in [-0.1, -0.05) is 19.9 Å². The number of rotatable bonds is 9. The maximum absolute atomic E-state index is 13.8. The molecule has 2 amide bonds. The van der Waals surface area contributed by atoms with Crippen LogP contribution in [-0.2, 0) is 4.79 Å². The molecular weight excluding hydrogens is 352 g/mol. The van der Waals surface area contributed by atoms with Crippen LogP contribution in [0.5, 0.6) is 0 Å². The van der Waals surface area contributed by atoms with E-state index in [0.29, 0.717) is 25.2 Å². The first-order valence-electron chi connectivity index (χ1n) is 9.34. The van der Waals surface area contributed by atoms with Crippen molar-refractivity contribution in [3.8, 4) is 0 Å². The number of benzene rings is 1. The predicted octanol–water partition coefficient (Wildman–Crippen LogP) is 2.95. The second-order valence-corrected chi connectivity index (χ2v) is 7.51. The molecule has 0 aliphatic carbocycles. The van der Waals surface area contributed by atoms with Crippen molar-refractivity contribution in [3.63, 3.8) is 0 Å². The molecule has 0 aliphatic rings. The highest BCUT2D eigenvalue weighted by molar-refractivity contribution is 5.98. The molecule has 1 atom stereocenters. The lowest BCUT2D eigenvalue weighted by molar-refractivity contribution is -0.124. The van der Waals surface area contributed by atoms with Crippen LogP contribution in [0.15, 0.2) is 18.2 Å². The van der Waals surface area contributed by atoms with Gasteiger partial charge >= 0.3 is 0 Å². The normalized spacial score (nSPS) is 12.7. The Kier molecular flexibility index (Phi) is 8.82. The van der Waals surface area contributed by atoms with Crippen molar-refractivity contribution in [1.29, 1.82) is 0 Å². The third-order valence-electron chi connectivity index (χ3n) is 4.42. The Hall–Kier alpha value is -2.02. The Balaban J connectivity index is 2.75. The molecule has 1 rings (SSSR count). The van der Waals surface area contributed by atoms with Crippen molar-refractivity contribution in [1.82, 2.24) is 15.5 Å². The van der Waals surface area contributed by atoms with Crippen molar-refractivity contribution in [3.05, 3.63) is 35.4 Å². The summed E-state index contributed by atoms with van der Waals surface area (Å²) in [5, 5.41) is 5.26. The van der Waals surface area contributed by atoms with Crippen LogP contribution >= 0.6 is 0 Å². The largest absolute Gasteiger partial charge is 0.353 e. The first-order valence-corrected chi connectivity index (χ1v) is 9.34. The van der Waals surface area contributed by atoms with Crippen molar-refractivity contribution in [2.45, 2.75) is 59.7 Å². The molecule has 152 valence electrons. The van der Waals surface area contributed by atoms with Crippen LogP contribution in [0.25, 0.3) is 0 Å². The van der Waals surface area contributed by atoms with Crippen LogP contribution in [0.3, 0.4) is 0 Å². The molecule has 0 radical (unpaired) electrons. The first kappa shape index (κ1) is 23.0. The number of halogens is 2. The molecule has 0 fully saturated rings. The molecule has 0 spiro atoms. The number of hydrogen-bond donors (Lipinski definition) is 2. The molecule has 0 saturated carbocycles. The quantitative estimate of drug-likeness (QED) is 0.689. The molecule has 2 N–H and O–H groups in total. The smallest absolute Gasteiger partial charge is 0.257 e. The van der Waals surface area contributed by atoms with Crippen LogP contribution < -0.4 is 10.6 Å². The minimum atomic E-state index is -0.958. The number of nitrogens with one attached hydrogen (secondary N) is 2. The molecule has 27 heavy (non-hydrogen) atoms. The summed E-state index contributed by atoms with van der Waals surface area (Å²) in [5.74, 6) is -3.47. The fourth-order valence-corrected chi connectivity index (χ4v) is 2.99. The van der Waals surface area contributed by atoms with Gasteiger partial charge in [0, 0.05) is 25.2 Å². The first-order chi connectivity index (χ1) is 12.6. The molecule has 0 heterocycles. The van der Waals surface area contributed by atoms with E-state index >= 15 is 0 Å². The van der Waals surface area contributed by atoms with Gasteiger partial charge in [0.25, 0.3) is 5.91 Å². The zero-order valence-corrected chi connectivity index (χ0v) is 17.0. The highest BCUT2D eigenvalue weighted by Gasteiger charge is 2.27. The van der Waals surface area contributed by atoms with Crippen LogP contribution in [0.1, 0.15) is 51.9 Å². The monoisotopic (exact) mass is 383 g/mol. The molecule has 1 aromatic carbocycles. The molecule has 1 aromatic rings. The molecule has 0 aliphatic heterocycles. The topological polar surface area (TPSA) is 61.4 Å². The predicted molar refractivity (Wildman–Crippen MR) is 102 cm³/mol. The summed E-state index contributed by atoms with van der Waals surface area (Å²) < 4.78 is 27.6. The second kappa shape index (κ2) is 10.3. The van der Waals surface area contributed by atoms with E-state index in [4.69, 9.17) is 0 Å². The highest BCUT2D eigenvalue weighted by Crippen LogP contribution is 2.13. The Morgan fingerprint density at radius 2 is 1.52 bits per heavy atom. The summed E-state index contributed by atoms with van der Waals surface area (Å²) in [5.41, 5.74) is -0.679. The van der Waals surface area contributed by atoms with Gasteiger partial charge in [0.15, 0.2) is 0 Å². The SMILES string of the molecule is CC(C)C(NC(=O)c1c(F)cccc1F)C(=O)NCCN(C(C)C)C(C)C. The minimum absolute atomic E-state index is 0.241. The van der Waals surface area contributed by atoms with Crippen molar-refractivity contribution < 1.29 is 18.4 Å². The van der Waals surface area contributed by atoms with Crippen LogP contribution in [0.4, 0.5) is 8.78 Å². The Bertz CT molecular complexity index is 620. The van der Waals surface area contributed by atoms with E-state index in [1.54, 1.807) is 13.8 Å². The standard InChI is InChI=1S/C20H31F2N3O2/c1-12(2)18(20(27)23-10-11-25(13(3)4)14(5)6)24-19(26)17-15(21)8-7-9-16(17)22/h7-9,12-14,18H,10-11H2,1-6H3,(H,23,27)(H,24,26). The van der Waals surface area contributed by atoms with Crippen LogP contribution in [0, 0.1) is 17.6 Å². The summed E-state index contributed by atoms with van der Waals surface area (Å²) in [4.78, 5) is 27.0. The lowest BCUT2D eigenvalue weighted by atomic mass is 10.0. The van der Waals surface area contributed by atoms with Gasteiger partial charge in [-0.2, -0.15) is 0 Å². The van der Waals surface area contributed by atoms with Gasteiger partial charge < -0.3 is 10.6 Å². The van der Waals surface area contributed by atoms with E-state index in [0.717, 1.165) is 12.1 Å². The molecular formula is C20H31F2N3O2. The van der Waals surface area contributed by atoms with E-state index in [-0.39, 0.29) is 11.8 Å². The summed E-state index contributed by atoms with van der Waals surface area (Å²) in [6.45, 7) is 12.9. The van der Waals surface area contributed by atoms with Gasteiger partial charge in [-0.15, -0.1) is 0 Å². The third kappa shape index (κ3) is 6.57. The Labute approximate surface area is 160 Å². The van der Waals surface area contributed by atoms with Gasteiger partial charge in [-0.05, 0) is 45.7 Å². The van der Waals surface area contributed by atoms with Gasteiger partial charge in [0.2, 0.25) is 5.91 Å². The minimum Gasteiger partial charge on any atom is -0.353 e. The number of carbonyl (C=O) groups excluding carboxylic acids is 2. The van der Waals surface area contributed by atoms with E-state index in [1.807, 2.05) is 0 Å². The van der Waals surface area contributed by atoms with E-state index < -0.39 is 29.1 Å². The number of carbonyl (C=O) groups is 2. The van der Waals surface area contributed by atoms with Crippen molar-refractivity contribution >= 4 is 11.8 Å². The average Bonchev–Trinajstić information content (AvgIpc) is 2.55. The summed E-state index contributed by atoms with van der Waals surface area (Å²) >= 11 is 0. The fraction of sp³-hybridized carbons (Fsp3) is 0.600. The van der Waals surface area contributed by atoms with Crippen molar-refractivity contribution in [2.24, 2.45) is 5.92 Å². The molecule has 7 heteroatoms. The highest BCUT2D eigenvalue weighted by atomic mass is 19.1. The van der Waals surface area contributed by atoms with Gasteiger partial charge in [-0.25, -0.2) is 8.78 Å². The van der Waals surface area contributed by atoms with Crippen molar-refractivity contribution in [2.75, 3.05) is 13.1 Å². The zero-order chi connectivity index (χ0) is 20.7. The lowest BCUT2D eigenvalue weighted by Gasteiger charge is -2.31. The molecule has 0 aromatic heterocycles. The number of hydrogen-bond acceptors (Lipinski definition) is 3. The third-order valence-corrected chi connectivity index (χ3v) is 4.42. The molecule has 0 bridgehead atoms. The Morgan fingerprint density at radius 1 is 1.00 bits per heavy atom. The lowest BCUT2D eigenvalue weighted by Crippen LogP contribution is -2.51. The van der Waals surface area contributed by atoms with Crippen LogP contribution in [0.2, 0.25) is 0 Å². The Morgan fingerprint density at radius 3 is 1.96 bits per heavy atom. The summed E-state index contributed by atoms with van der Waals surface area (Å²) in [6, 6.07) is 2.99. The zero-order valence-electron chi connectivity index (χ0n) is 17.0.